The van der Waals surface area contributed by atoms with Crippen LogP contribution in [-0.2, 0) is 33.9 Å². The number of ether oxygens (including phenoxy) is 2. The molecule has 1 unspecified atom stereocenters. The smallest absolute Gasteiger partial charge is 0.224 e. The molecule has 5 atom stereocenters. The number of benzene rings is 3. The third-order valence-corrected chi connectivity index (χ3v) is 9.41. The fraction of sp³-hybridized carbons (Fsp3) is 0.475. The van der Waals surface area contributed by atoms with Gasteiger partial charge in [-0.15, -0.1) is 0 Å². The van der Waals surface area contributed by atoms with Crippen molar-refractivity contribution in [2.75, 3.05) is 14.2 Å². The van der Waals surface area contributed by atoms with Crippen LogP contribution in [0.1, 0.15) is 64.7 Å². The van der Waals surface area contributed by atoms with E-state index in [-0.39, 0.29) is 66.5 Å². The molecule has 0 spiro atoms. The number of aliphatic hydroxyl groups excluding tert-OH is 1. The molecule has 0 aliphatic heterocycles. The highest BCUT2D eigenvalue weighted by Crippen LogP contribution is 2.27. The van der Waals surface area contributed by atoms with Crippen LogP contribution < -0.4 is 25.4 Å². The number of phenolic OH excluding ortho intramolecular Hbond substituents is 1. The molecule has 10 nitrogen and oxygen atoms in total. The number of methoxy groups -OCH3 is 2. The van der Waals surface area contributed by atoms with E-state index in [2.05, 4.69) is 16.0 Å². The number of carbonyl (C=O) groups is 3. The summed E-state index contributed by atoms with van der Waals surface area (Å²) in [4.78, 5) is 41.3. The van der Waals surface area contributed by atoms with E-state index in [4.69, 9.17) is 9.47 Å². The molecular weight excluding hydrogens is 634 g/mol. The lowest BCUT2D eigenvalue weighted by atomic mass is 9.81. The first-order valence-corrected chi connectivity index (χ1v) is 17.2. The number of hydrogen-bond acceptors (Lipinski definition) is 8. The summed E-state index contributed by atoms with van der Waals surface area (Å²) in [6.45, 7) is 11.8. The minimum atomic E-state index is -1.33. The lowest BCUT2D eigenvalue weighted by Crippen LogP contribution is -2.58. The van der Waals surface area contributed by atoms with Crippen molar-refractivity contribution in [2.45, 2.75) is 85.7 Å². The summed E-state index contributed by atoms with van der Waals surface area (Å²) in [6, 6.07) is 19.8. The van der Waals surface area contributed by atoms with E-state index in [9.17, 15) is 24.6 Å². The van der Waals surface area contributed by atoms with E-state index < -0.39 is 24.1 Å². The SMILES string of the molecule is COc1ccc(CN[C@@H](C(=O)C[C@H](C(=O)NCc2ccc(OC)cc2O)C(C)C)[C@H](O)[C@H](Cc2ccccc2)NC(=O)C(C)C(C)(C)C)cc1. The highest BCUT2D eigenvalue weighted by molar-refractivity contribution is 5.90. The van der Waals surface area contributed by atoms with Gasteiger partial charge in [0.15, 0.2) is 5.78 Å². The highest BCUT2D eigenvalue weighted by atomic mass is 16.5. The van der Waals surface area contributed by atoms with Gasteiger partial charge in [0, 0.05) is 43.0 Å². The number of Topliss-reactive ketones (excluding diaryl/α,β-unsaturated/α-hetero) is 1. The zero-order valence-corrected chi connectivity index (χ0v) is 30.7. The lowest BCUT2D eigenvalue weighted by molar-refractivity contribution is -0.134. The topological polar surface area (TPSA) is 146 Å². The molecule has 0 aromatic heterocycles. The lowest BCUT2D eigenvalue weighted by Gasteiger charge is -2.34. The van der Waals surface area contributed by atoms with Gasteiger partial charge in [0.05, 0.1) is 32.4 Å². The Morgan fingerprint density at radius 1 is 0.800 bits per heavy atom. The number of phenols is 1. The van der Waals surface area contributed by atoms with Gasteiger partial charge in [-0.2, -0.15) is 0 Å². The first kappa shape index (κ1) is 40.0. The predicted molar refractivity (Wildman–Crippen MR) is 195 cm³/mol. The summed E-state index contributed by atoms with van der Waals surface area (Å²) in [6.07, 6.45) is -1.19. The maximum Gasteiger partial charge on any atom is 0.224 e. The fourth-order valence-corrected chi connectivity index (χ4v) is 5.56. The molecule has 10 heteroatoms. The van der Waals surface area contributed by atoms with Crippen LogP contribution in [0.3, 0.4) is 0 Å². The van der Waals surface area contributed by atoms with Crippen molar-refractivity contribution in [3.8, 4) is 17.2 Å². The Balaban J connectivity index is 1.90. The van der Waals surface area contributed by atoms with Crippen LogP contribution in [0.25, 0.3) is 0 Å². The molecule has 3 aromatic carbocycles. The molecule has 0 aliphatic carbocycles. The van der Waals surface area contributed by atoms with Gasteiger partial charge in [-0.25, -0.2) is 0 Å². The Hall–Kier alpha value is -4.41. The zero-order valence-electron chi connectivity index (χ0n) is 30.7. The van der Waals surface area contributed by atoms with E-state index in [0.717, 1.165) is 11.1 Å². The predicted octanol–water partition coefficient (Wildman–Crippen LogP) is 5.19. The van der Waals surface area contributed by atoms with E-state index in [1.165, 1.54) is 13.2 Å². The maximum atomic E-state index is 14.3. The van der Waals surface area contributed by atoms with Crippen molar-refractivity contribution >= 4 is 17.6 Å². The second-order valence-corrected chi connectivity index (χ2v) is 14.3. The summed E-state index contributed by atoms with van der Waals surface area (Å²) in [5.41, 5.74) is 1.93. The Kier molecular flexibility index (Phi) is 14.8. The molecule has 0 saturated carbocycles. The van der Waals surface area contributed by atoms with E-state index in [1.54, 1.807) is 19.2 Å². The maximum absolute atomic E-state index is 14.3. The van der Waals surface area contributed by atoms with Crippen molar-refractivity contribution in [1.29, 1.82) is 0 Å². The van der Waals surface area contributed by atoms with Gasteiger partial charge in [0.2, 0.25) is 11.8 Å². The van der Waals surface area contributed by atoms with Crippen molar-refractivity contribution < 1.29 is 34.1 Å². The molecule has 272 valence electrons. The molecule has 0 heterocycles. The quantitative estimate of drug-likeness (QED) is 0.123. The van der Waals surface area contributed by atoms with Crippen LogP contribution in [0.2, 0.25) is 0 Å². The largest absolute Gasteiger partial charge is 0.507 e. The van der Waals surface area contributed by atoms with Crippen LogP contribution in [-0.4, -0.2) is 60.2 Å². The third-order valence-electron chi connectivity index (χ3n) is 9.41. The summed E-state index contributed by atoms with van der Waals surface area (Å²) < 4.78 is 10.4. The minimum absolute atomic E-state index is 0.0139. The van der Waals surface area contributed by atoms with Crippen LogP contribution >= 0.6 is 0 Å². The van der Waals surface area contributed by atoms with Gasteiger partial charge >= 0.3 is 0 Å². The first-order valence-electron chi connectivity index (χ1n) is 17.2. The summed E-state index contributed by atoms with van der Waals surface area (Å²) in [7, 11) is 3.09. The number of amides is 2. The van der Waals surface area contributed by atoms with E-state index >= 15 is 0 Å². The van der Waals surface area contributed by atoms with Crippen LogP contribution in [0.15, 0.2) is 72.8 Å². The summed E-state index contributed by atoms with van der Waals surface area (Å²) >= 11 is 0. The average Bonchev–Trinajstić information content (AvgIpc) is 3.09. The number of aromatic hydroxyl groups is 1. The molecular formula is C40H55N3O7. The van der Waals surface area contributed by atoms with Gasteiger partial charge in [0.1, 0.15) is 17.2 Å². The van der Waals surface area contributed by atoms with Gasteiger partial charge in [-0.3, -0.25) is 14.4 Å². The standard InChI is InChI=1S/C40H55N3O7/c1-25(2)32(39(48)42-24-29-16-19-31(50-8)21-34(29)44)22-35(45)36(41-23-28-14-17-30(49-7)18-15-28)37(46)33(20-27-12-10-9-11-13-27)43-38(47)26(3)40(4,5)6/h9-19,21,25-26,32-33,36-37,41,44,46H,20,22-24H2,1-8H3,(H,42,48)(H,43,47)/t26?,32-,33-,36-,37+/m0/s1. The van der Waals surface area contributed by atoms with Gasteiger partial charge < -0.3 is 35.6 Å². The molecule has 0 fully saturated rings. The number of nitrogens with one attached hydrogen (secondary N) is 3. The number of ketones is 1. The molecule has 0 bridgehead atoms. The van der Waals surface area contributed by atoms with Crippen LogP contribution in [0, 0.1) is 23.2 Å². The number of aliphatic hydroxyl groups is 1. The monoisotopic (exact) mass is 689 g/mol. The van der Waals surface area contributed by atoms with Gasteiger partial charge in [0.25, 0.3) is 0 Å². The highest BCUT2D eigenvalue weighted by Gasteiger charge is 2.38. The molecule has 3 rings (SSSR count). The molecule has 0 radical (unpaired) electrons. The molecule has 0 saturated heterocycles. The molecule has 3 aromatic rings. The number of hydrogen-bond donors (Lipinski definition) is 5. The normalized spacial score (nSPS) is 14.6. The number of carbonyl (C=O) groups excluding carboxylic acids is 3. The average molecular weight is 690 g/mol. The Morgan fingerprint density at radius 2 is 1.42 bits per heavy atom. The summed E-state index contributed by atoms with van der Waals surface area (Å²) in [5, 5.41) is 31.6. The third kappa shape index (κ3) is 11.6. The molecule has 0 aliphatic rings. The van der Waals surface area contributed by atoms with Crippen LogP contribution in [0.5, 0.6) is 17.2 Å². The fourth-order valence-electron chi connectivity index (χ4n) is 5.56. The van der Waals surface area contributed by atoms with E-state index in [0.29, 0.717) is 17.1 Å². The Morgan fingerprint density at radius 3 is 1.98 bits per heavy atom. The zero-order chi connectivity index (χ0) is 37.0. The Labute approximate surface area is 297 Å². The second kappa shape index (κ2) is 18.5. The van der Waals surface area contributed by atoms with Crippen molar-refractivity contribution in [2.24, 2.45) is 23.2 Å². The van der Waals surface area contributed by atoms with Crippen molar-refractivity contribution in [1.82, 2.24) is 16.0 Å². The van der Waals surface area contributed by atoms with Gasteiger partial charge in [-0.05, 0) is 53.1 Å². The minimum Gasteiger partial charge on any atom is -0.507 e. The van der Waals surface area contributed by atoms with E-state index in [1.807, 2.05) is 96.1 Å². The second-order valence-electron chi connectivity index (χ2n) is 14.3. The summed E-state index contributed by atoms with van der Waals surface area (Å²) in [5.74, 6) is -1.06. The van der Waals surface area contributed by atoms with Crippen LogP contribution in [0.4, 0.5) is 0 Å². The van der Waals surface area contributed by atoms with Crippen molar-refractivity contribution in [3.05, 3.63) is 89.5 Å². The molecule has 50 heavy (non-hydrogen) atoms. The van der Waals surface area contributed by atoms with Gasteiger partial charge in [-0.1, -0.05) is 84.0 Å². The van der Waals surface area contributed by atoms with Crippen molar-refractivity contribution in [3.63, 3.8) is 0 Å². The molecule has 2 amide bonds. The first-order chi connectivity index (χ1) is 23.6. The number of rotatable bonds is 18. The molecule has 5 N–H and O–H groups in total. The Bertz CT molecular complexity index is 1540.